The van der Waals surface area contributed by atoms with E-state index in [9.17, 15) is 49.0 Å². The van der Waals surface area contributed by atoms with Crippen molar-refractivity contribution >= 4 is 35.6 Å². The number of hydrogen-bond acceptors (Lipinski definition) is 10. The minimum absolute atomic E-state index is 0.0509. The molecule has 0 spiro atoms. The number of carbonyl (C=O) groups excluding carboxylic acids is 4. The van der Waals surface area contributed by atoms with E-state index in [1.165, 1.54) is 48.5 Å². The van der Waals surface area contributed by atoms with Crippen LogP contribution in [0.1, 0.15) is 57.0 Å². The van der Waals surface area contributed by atoms with Crippen molar-refractivity contribution in [3.63, 3.8) is 0 Å². The molecule has 220 valence electrons. The van der Waals surface area contributed by atoms with Crippen LogP contribution in [0.25, 0.3) is 0 Å². The Balaban J connectivity index is 0.000000230. The van der Waals surface area contributed by atoms with Crippen LogP contribution in [0.4, 0.5) is 0 Å². The zero-order chi connectivity index (χ0) is 31.5. The summed E-state index contributed by atoms with van der Waals surface area (Å²) in [7, 11) is 0. The maximum atomic E-state index is 12.3. The van der Waals surface area contributed by atoms with E-state index in [0.717, 1.165) is 0 Å². The van der Waals surface area contributed by atoms with Gasteiger partial charge in [-0.2, -0.15) is 0 Å². The summed E-state index contributed by atoms with van der Waals surface area (Å²) in [4.78, 5) is 91.2. The number of hydrogen-bond donors (Lipinski definition) is 4. The predicted molar refractivity (Wildman–Crippen MR) is 135 cm³/mol. The van der Waals surface area contributed by atoms with Crippen LogP contribution in [-0.4, -0.2) is 77.5 Å². The molecule has 18 heteroatoms. The Morgan fingerprint density at radius 3 is 1.50 bits per heavy atom. The number of carbonyl (C=O) groups is 6. The number of nitro groups is 2. The van der Waals surface area contributed by atoms with E-state index in [4.69, 9.17) is 21.7 Å². The minimum Gasteiger partial charge on any atom is -0.481 e. The number of amides is 4. The number of nitrogens with two attached hydrogens (primary N) is 2. The average Bonchev–Trinajstić information content (AvgIpc) is 3.37. The molecule has 0 saturated heterocycles. The monoisotopic (exact) mass is 586 g/mol. The van der Waals surface area contributed by atoms with Gasteiger partial charge in [0.1, 0.15) is 12.1 Å². The molecule has 0 saturated carbocycles. The third kappa shape index (κ3) is 5.81. The van der Waals surface area contributed by atoms with Crippen LogP contribution in [-0.2, 0) is 19.2 Å². The summed E-state index contributed by atoms with van der Waals surface area (Å²) in [5, 5.41) is 40.4. The Kier molecular flexibility index (Phi) is 8.79. The largest absolute Gasteiger partial charge is 0.481 e. The molecule has 4 amide bonds. The van der Waals surface area contributed by atoms with Gasteiger partial charge in [-0.05, 0) is 24.3 Å². The van der Waals surface area contributed by atoms with Gasteiger partial charge < -0.3 is 21.7 Å². The summed E-state index contributed by atoms with van der Waals surface area (Å²) in [5.74, 6) is -6.57. The molecule has 2 aromatic carbocycles. The minimum atomic E-state index is -1.68. The first-order chi connectivity index (χ1) is 19.7. The second kappa shape index (κ2) is 12.1. The third-order valence-corrected chi connectivity index (χ3v) is 6.38. The topological polar surface area (TPSA) is 288 Å². The molecule has 0 radical (unpaired) electrons. The summed E-state index contributed by atoms with van der Waals surface area (Å²) in [5.41, 5.74) is 10.4. The Hall–Kier alpha value is -5.94. The quantitative estimate of drug-likeness (QED) is 0.202. The standard InChI is InChI=1S/2C12H11N3O6/c13-10(18)8(5-9(16)17)14-11(15(20)21)6-3-1-2-4-7(6)12(14)19;13-9(16)5-8(12(18)19)14-10(15(20)21)6-3-1-2-4-7(6)11(14)17/h1-4,8,11H,5H2,(H2,13,18)(H,16,17);1-4,8,10H,5H2,(H2,13,16)(H,18,19). The smallest absolute Gasteiger partial charge is 0.327 e. The molecule has 2 heterocycles. The molecular weight excluding hydrogens is 564 g/mol. The van der Waals surface area contributed by atoms with Crippen LogP contribution in [0.5, 0.6) is 0 Å². The molecule has 4 unspecified atom stereocenters. The van der Waals surface area contributed by atoms with Gasteiger partial charge in [0.15, 0.2) is 0 Å². The first-order valence-electron chi connectivity index (χ1n) is 11.8. The summed E-state index contributed by atoms with van der Waals surface area (Å²) < 4.78 is 0. The molecule has 2 aromatic rings. The lowest BCUT2D eigenvalue weighted by molar-refractivity contribution is -0.552. The van der Waals surface area contributed by atoms with Crippen LogP contribution in [0, 0.1) is 20.2 Å². The highest BCUT2D eigenvalue weighted by molar-refractivity contribution is 6.02. The maximum absolute atomic E-state index is 12.3. The molecule has 2 aliphatic rings. The summed E-state index contributed by atoms with van der Waals surface area (Å²) in [6.45, 7) is 0. The van der Waals surface area contributed by atoms with Gasteiger partial charge in [-0.25, -0.2) is 4.79 Å². The van der Waals surface area contributed by atoms with E-state index in [-0.39, 0.29) is 22.3 Å². The highest BCUT2D eigenvalue weighted by atomic mass is 16.6. The van der Waals surface area contributed by atoms with Gasteiger partial charge in [-0.15, -0.1) is 0 Å². The molecule has 4 rings (SSSR count). The highest BCUT2D eigenvalue weighted by Gasteiger charge is 2.51. The molecule has 6 N–H and O–H groups in total. The van der Waals surface area contributed by atoms with Crippen LogP contribution in [0.15, 0.2) is 48.5 Å². The summed E-state index contributed by atoms with van der Waals surface area (Å²) in [6.07, 6.45) is -4.75. The fraction of sp³-hybridized carbons (Fsp3) is 0.250. The zero-order valence-electron chi connectivity index (χ0n) is 21.3. The lowest BCUT2D eigenvalue weighted by Gasteiger charge is -2.25. The second-order valence-electron chi connectivity index (χ2n) is 8.96. The van der Waals surface area contributed by atoms with Gasteiger partial charge in [0, 0.05) is 0 Å². The van der Waals surface area contributed by atoms with Crippen molar-refractivity contribution in [2.75, 3.05) is 0 Å². The Bertz CT molecular complexity index is 1400. The molecule has 0 aromatic heterocycles. The van der Waals surface area contributed by atoms with Crippen molar-refractivity contribution < 1.29 is 48.8 Å². The molecule has 0 bridgehead atoms. The van der Waals surface area contributed by atoms with Crippen molar-refractivity contribution in [3.05, 3.63) is 91.0 Å². The molecule has 42 heavy (non-hydrogen) atoms. The van der Waals surface area contributed by atoms with E-state index in [0.29, 0.717) is 9.80 Å². The number of carboxylic acid groups (broad SMARTS) is 2. The Morgan fingerprint density at radius 2 is 1.17 bits per heavy atom. The van der Waals surface area contributed by atoms with Crippen LogP contribution in [0.3, 0.4) is 0 Å². The molecule has 18 nitrogen and oxygen atoms in total. The van der Waals surface area contributed by atoms with E-state index < -0.39 is 82.7 Å². The average molecular weight is 586 g/mol. The van der Waals surface area contributed by atoms with Crippen molar-refractivity contribution in [2.24, 2.45) is 11.5 Å². The van der Waals surface area contributed by atoms with Crippen molar-refractivity contribution in [1.29, 1.82) is 0 Å². The molecule has 2 aliphatic heterocycles. The third-order valence-electron chi connectivity index (χ3n) is 6.38. The maximum Gasteiger partial charge on any atom is 0.327 e. The number of rotatable bonds is 10. The number of aliphatic carboxylic acids is 2. The number of nitrogens with zero attached hydrogens (tertiary/aromatic N) is 4. The summed E-state index contributed by atoms with van der Waals surface area (Å²) in [6, 6.07) is 8.32. The number of carboxylic acids is 2. The molecule has 0 fully saturated rings. The first-order valence-corrected chi connectivity index (χ1v) is 11.8. The van der Waals surface area contributed by atoms with E-state index in [1.54, 1.807) is 0 Å². The van der Waals surface area contributed by atoms with Gasteiger partial charge in [0.05, 0.1) is 44.9 Å². The van der Waals surface area contributed by atoms with Crippen LogP contribution >= 0.6 is 0 Å². The van der Waals surface area contributed by atoms with E-state index in [1.807, 2.05) is 0 Å². The molecule has 4 atom stereocenters. The Labute approximate surface area is 234 Å². The normalized spacial score (nSPS) is 18.2. The Morgan fingerprint density at radius 1 is 0.762 bits per heavy atom. The van der Waals surface area contributed by atoms with E-state index in [2.05, 4.69) is 0 Å². The van der Waals surface area contributed by atoms with Gasteiger partial charge in [-0.1, -0.05) is 24.3 Å². The first kappa shape index (κ1) is 30.6. The van der Waals surface area contributed by atoms with Crippen molar-refractivity contribution in [2.45, 2.75) is 37.3 Å². The number of primary amides is 2. The van der Waals surface area contributed by atoms with Gasteiger partial charge in [-0.3, -0.25) is 54.0 Å². The van der Waals surface area contributed by atoms with Crippen LogP contribution in [0.2, 0.25) is 0 Å². The van der Waals surface area contributed by atoms with Gasteiger partial charge in [0.2, 0.25) is 11.8 Å². The lowest BCUT2D eigenvalue weighted by Crippen LogP contribution is -2.49. The molecule has 0 aliphatic carbocycles. The van der Waals surface area contributed by atoms with Crippen molar-refractivity contribution in [3.8, 4) is 0 Å². The lowest BCUT2D eigenvalue weighted by atomic mass is 10.1. The zero-order valence-corrected chi connectivity index (χ0v) is 21.3. The number of fused-ring (bicyclic) bond motifs is 2. The SMILES string of the molecule is NC(=O)C(CC(=O)O)N1C(=O)c2ccccc2C1[N+](=O)[O-].NC(=O)CC(C(=O)O)N1C(=O)c2ccccc2C1[N+](=O)[O-]. The molecular formula is C24H22N6O12. The van der Waals surface area contributed by atoms with Gasteiger partial charge >= 0.3 is 24.3 Å². The van der Waals surface area contributed by atoms with Crippen LogP contribution < -0.4 is 11.5 Å². The van der Waals surface area contributed by atoms with Gasteiger partial charge in [0.25, 0.3) is 11.8 Å². The second-order valence-corrected chi connectivity index (χ2v) is 8.96. The highest BCUT2D eigenvalue weighted by Crippen LogP contribution is 2.37. The fourth-order valence-corrected chi connectivity index (χ4v) is 4.68. The predicted octanol–water partition coefficient (Wildman–Crippen LogP) is -0.507. The fourth-order valence-electron chi connectivity index (χ4n) is 4.68. The van der Waals surface area contributed by atoms with Crippen molar-refractivity contribution in [1.82, 2.24) is 9.80 Å². The van der Waals surface area contributed by atoms with E-state index >= 15 is 0 Å². The number of benzene rings is 2. The summed E-state index contributed by atoms with van der Waals surface area (Å²) >= 11 is 0.